The number of nitro groups is 1. The Labute approximate surface area is 122 Å². The van der Waals surface area contributed by atoms with E-state index in [1.54, 1.807) is 7.05 Å². The zero-order chi connectivity index (χ0) is 14.7. The molecule has 1 heterocycles. The summed E-state index contributed by atoms with van der Waals surface area (Å²) in [5, 5.41) is 10.8. The van der Waals surface area contributed by atoms with Crippen LogP contribution in [0.15, 0.2) is 12.3 Å². The maximum absolute atomic E-state index is 12.6. The van der Waals surface area contributed by atoms with Crippen molar-refractivity contribution in [3.05, 3.63) is 28.1 Å². The second-order valence-electron chi connectivity index (χ2n) is 5.08. The molecule has 0 atom stereocenters. The number of hydrogen-bond acceptors (Lipinski definition) is 3. The molecule has 6 nitrogen and oxygen atoms in total. The molecule has 0 saturated heterocycles. The number of alkyl halides is 1. The second kappa shape index (κ2) is 6.26. The lowest BCUT2D eigenvalue weighted by atomic mass is 9.91. The lowest BCUT2D eigenvalue weighted by molar-refractivity contribution is -0.384. The van der Waals surface area contributed by atoms with E-state index in [0.717, 1.165) is 25.7 Å². The van der Waals surface area contributed by atoms with E-state index in [2.05, 4.69) is 0 Å². The topological polar surface area (TPSA) is 68.4 Å². The van der Waals surface area contributed by atoms with Crippen molar-refractivity contribution in [3.8, 4) is 0 Å². The van der Waals surface area contributed by atoms with Crippen molar-refractivity contribution in [1.29, 1.82) is 0 Å². The molecule has 1 fully saturated rings. The summed E-state index contributed by atoms with van der Waals surface area (Å²) in [5.74, 6) is 0.361. The molecule has 110 valence electrons. The van der Waals surface area contributed by atoms with E-state index in [1.165, 1.54) is 16.8 Å². The minimum Gasteiger partial charge on any atom is -0.340 e. The van der Waals surface area contributed by atoms with Crippen LogP contribution >= 0.6 is 11.6 Å². The van der Waals surface area contributed by atoms with Gasteiger partial charge in [0.1, 0.15) is 5.69 Å². The van der Waals surface area contributed by atoms with Crippen LogP contribution in [0, 0.1) is 10.1 Å². The summed E-state index contributed by atoms with van der Waals surface area (Å²) in [5.41, 5.74) is 0.305. The first kappa shape index (κ1) is 14.8. The van der Waals surface area contributed by atoms with E-state index in [4.69, 9.17) is 11.6 Å². The predicted molar refractivity (Wildman–Crippen MR) is 76.1 cm³/mol. The summed E-state index contributed by atoms with van der Waals surface area (Å²) in [6, 6.07) is 1.59. The third kappa shape index (κ3) is 2.95. The molecular formula is C13H18ClN3O3. The minimum absolute atomic E-state index is 0.0539. The van der Waals surface area contributed by atoms with Gasteiger partial charge in [-0.2, -0.15) is 0 Å². The highest BCUT2D eigenvalue weighted by Crippen LogP contribution is 2.27. The summed E-state index contributed by atoms with van der Waals surface area (Å²) >= 11 is 5.71. The van der Waals surface area contributed by atoms with Crippen LogP contribution in [0.4, 0.5) is 5.69 Å². The van der Waals surface area contributed by atoms with Crippen LogP contribution in [-0.4, -0.2) is 38.8 Å². The summed E-state index contributed by atoms with van der Waals surface area (Å²) in [6.07, 6.45) is 5.23. The number of hydrogen-bond donors (Lipinski definition) is 0. The van der Waals surface area contributed by atoms with Crippen LogP contribution in [0.1, 0.15) is 36.2 Å². The Morgan fingerprint density at radius 1 is 1.60 bits per heavy atom. The highest BCUT2D eigenvalue weighted by atomic mass is 35.5. The van der Waals surface area contributed by atoms with Crippen LogP contribution in [0.25, 0.3) is 0 Å². The first-order valence-electron chi connectivity index (χ1n) is 6.72. The van der Waals surface area contributed by atoms with Gasteiger partial charge in [0.25, 0.3) is 11.6 Å². The highest BCUT2D eigenvalue weighted by Gasteiger charge is 2.31. The Hall–Kier alpha value is -1.56. The van der Waals surface area contributed by atoms with Gasteiger partial charge in [-0.25, -0.2) is 0 Å². The van der Waals surface area contributed by atoms with Gasteiger partial charge in [-0.1, -0.05) is 0 Å². The van der Waals surface area contributed by atoms with E-state index in [-0.39, 0.29) is 17.6 Å². The average Bonchev–Trinajstić information content (AvgIpc) is 2.73. The molecule has 0 N–H and O–H groups in total. The largest absolute Gasteiger partial charge is 0.340 e. The van der Waals surface area contributed by atoms with Gasteiger partial charge in [0, 0.05) is 31.6 Å². The maximum atomic E-state index is 12.6. The Balaban J connectivity index is 2.19. The molecule has 0 aromatic carbocycles. The van der Waals surface area contributed by atoms with Gasteiger partial charge < -0.3 is 9.47 Å². The number of carbonyl (C=O) groups excluding carboxylic acids is 1. The first-order chi connectivity index (χ1) is 9.54. The monoisotopic (exact) mass is 299 g/mol. The van der Waals surface area contributed by atoms with Gasteiger partial charge in [0.15, 0.2) is 0 Å². The van der Waals surface area contributed by atoms with E-state index in [1.807, 2.05) is 4.90 Å². The van der Waals surface area contributed by atoms with Crippen LogP contribution < -0.4 is 0 Å². The number of amides is 1. The molecule has 1 aromatic rings. The number of halogens is 1. The Morgan fingerprint density at radius 3 is 2.75 bits per heavy atom. The van der Waals surface area contributed by atoms with Crippen LogP contribution in [0.5, 0.6) is 0 Å². The summed E-state index contributed by atoms with van der Waals surface area (Å²) in [7, 11) is 1.65. The van der Waals surface area contributed by atoms with Gasteiger partial charge in [-0.05, 0) is 25.7 Å². The van der Waals surface area contributed by atoms with Crippen molar-refractivity contribution in [1.82, 2.24) is 9.47 Å². The predicted octanol–water partition coefficient (Wildman–Crippen LogP) is 2.56. The van der Waals surface area contributed by atoms with Gasteiger partial charge in [0.2, 0.25) is 0 Å². The Morgan fingerprint density at radius 2 is 2.30 bits per heavy atom. The van der Waals surface area contributed by atoms with Crippen LogP contribution in [0.3, 0.4) is 0 Å². The van der Waals surface area contributed by atoms with Crippen molar-refractivity contribution in [2.45, 2.75) is 31.7 Å². The SMILES string of the molecule is Cn1cc([N+](=O)[O-])cc1C(=O)N(CCCCl)C1CCC1. The first-order valence-corrected chi connectivity index (χ1v) is 7.25. The number of carbonyl (C=O) groups is 1. The standard InChI is InChI=1S/C13H18ClN3O3/c1-15-9-11(17(19)20)8-12(15)13(18)16(7-3-6-14)10-4-2-5-10/h8-10H,2-7H2,1H3. The number of rotatable bonds is 6. The molecule has 0 unspecified atom stereocenters. The lowest BCUT2D eigenvalue weighted by Crippen LogP contribution is -2.45. The molecule has 7 heteroatoms. The van der Waals surface area contributed by atoms with E-state index < -0.39 is 4.92 Å². The number of aryl methyl sites for hydroxylation is 1. The van der Waals surface area contributed by atoms with Gasteiger partial charge in [-0.3, -0.25) is 14.9 Å². The third-order valence-corrected chi connectivity index (χ3v) is 4.00. The van der Waals surface area contributed by atoms with Gasteiger partial charge >= 0.3 is 0 Å². The summed E-state index contributed by atoms with van der Waals surface area (Å²) in [6.45, 7) is 0.603. The zero-order valence-corrected chi connectivity index (χ0v) is 12.2. The van der Waals surface area contributed by atoms with Crippen molar-refractivity contribution in [3.63, 3.8) is 0 Å². The molecule has 1 aromatic heterocycles. The molecule has 1 aliphatic carbocycles. The lowest BCUT2D eigenvalue weighted by Gasteiger charge is -2.37. The molecule has 0 spiro atoms. The fraction of sp³-hybridized carbons (Fsp3) is 0.615. The van der Waals surface area contributed by atoms with Crippen molar-refractivity contribution in [2.24, 2.45) is 7.05 Å². The Bertz CT molecular complexity index is 511. The normalized spacial score (nSPS) is 14.9. The van der Waals surface area contributed by atoms with Crippen LogP contribution in [0.2, 0.25) is 0 Å². The van der Waals surface area contributed by atoms with E-state index in [9.17, 15) is 14.9 Å². The smallest absolute Gasteiger partial charge is 0.287 e. The average molecular weight is 300 g/mol. The summed E-state index contributed by atoms with van der Waals surface area (Å²) < 4.78 is 1.52. The highest BCUT2D eigenvalue weighted by molar-refractivity contribution is 6.17. The fourth-order valence-electron chi connectivity index (χ4n) is 2.39. The van der Waals surface area contributed by atoms with Gasteiger partial charge in [0.05, 0.1) is 11.1 Å². The minimum atomic E-state index is -0.483. The molecule has 1 amide bonds. The molecule has 20 heavy (non-hydrogen) atoms. The van der Waals surface area contributed by atoms with E-state index in [0.29, 0.717) is 18.1 Å². The van der Waals surface area contributed by atoms with Gasteiger partial charge in [-0.15, -0.1) is 11.6 Å². The number of aromatic nitrogens is 1. The summed E-state index contributed by atoms with van der Waals surface area (Å²) in [4.78, 5) is 24.7. The number of nitrogens with zero attached hydrogens (tertiary/aromatic N) is 3. The quantitative estimate of drug-likeness (QED) is 0.460. The molecule has 0 aliphatic heterocycles. The fourth-order valence-corrected chi connectivity index (χ4v) is 2.50. The van der Waals surface area contributed by atoms with Crippen LogP contribution in [-0.2, 0) is 7.05 Å². The maximum Gasteiger partial charge on any atom is 0.287 e. The van der Waals surface area contributed by atoms with E-state index >= 15 is 0 Å². The molecular weight excluding hydrogens is 282 g/mol. The van der Waals surface area contributed by atoms with Crippen molar-refractivity contribution < 1.29 is 9.72 Å². The molecule has 2 rings (SSSR count). The Kier molecular flexibility index (Phi) is 4.65. The molecule has 1 aliphatic rings. The molecule has 0 bridgehead atoms. The van der Waals surface area contributed by atoms with Crippen molar-refractivity contribution >= 4 is 23.2 Å². The zero-order valence-electron chi connectivity index (χ0n) is 11.4. The molecule has 0 radical (unpaired) electrons. The molecule has 1 saturated carbocycles. The third-order valence-electron chi connectivity index (χ3n) is 3.73. The second-order valence-corrected chi connectivity index (χ2v) is 5.46. The van der Waals surface area contributed by atoms with Crippen molar-refractivity contribution in [2.75, 3.05) is 12.4 Å².